The van der Waals surface area contributed by atoms with Gasteiger partial charge in [0.25, 0.3) is 0 Å². The quantitative estimate of drug-likeness (QED) is 0.863. The van der Waals surface area contributed by atoms with Gasteiger partial charge in [-0.15, -0.1) is 0 Å². The lowest BCUT2D eigenvalue weighted by Gasteiger charge is -2.37. The third-order valence-electron chi connectivity index (χ3n) is 6.43. The number of hydrogen-bond donors (Lipinski definition) is 1. The third-order valence-corrected chi connectivity index (χ3v) is 6.43. The first-order valence-corrected chi connectivity index (χ1v) is 10.8. The molecular formula is C23H32N4O. The predicted molar refractivity (Wildman–Crippen MR) is 115 cm³/mol. The van der Waals surface area contributed by atoms with Gasteiger partial charge >= 0.3 is 0 Å². The molecule has 150 valence electrons. The van der Waals surface area contributed by atoms with Gasteiger partial charge in [-0.3, -0.25) is 14.7 Å². The minimum atomic E-state index is 0.114. The van der Waals surface area contributed by atoms with E-state index in [2.05, 4.69) is 44.4 Å². The zero-order valence-corrected chi connectivity index (χ0v) is 16.9. The topological polar surface area (TPSA) is 48.5 Å². The van der Waals surface area contributed by atoms with Crippen molar-refractivity contribution >= 4 is 22.5 Å². The number of benzene rings is 1. The molecule has 1 saturated carbocycles. The molecule has 0 radical (unpaired) electrons. The molecule has 1 aromatic carbocycles. The van der Waals surface area contributed by atoms with Crippen molar-refractivity contribution in [2.75, 3.05) is 37.6 Å². The van der Waals surface area contributed by atoms with E-state index >= 15 is 0 Å². The van der Waals surface area contributed by atoms with Gasteiger partial charge in [-0.05, 0) is 56.7 Å². The fourth-order valence-corrected chi connectivity index (χ4v) is 4.80. The van der Waals surface area contributed by atoms with Gasteiger partial charge in [-0.2, -0.15) is 0 Å². The van der Waals surface area contributed by atoms with Crippen molar-refractivity contribution in [3.63, 3.8) is 0 Å². The molecule has 4 rings (SSSR count). The van der Waals surface area contributed by atoms with E-state index in [0.29, 0.717) is 6.04 Å². The van der Waals surface area contributed by atoms with Crippen molar-refractivity contribution in [1.82, 2.24) is 15.2 Å². The molecule has 1 aliphatic carbocycles. The monoisotopic (exact) mass is 380 g/mol. The summed E-state index contributed by atoms with van der Waals surface area (Å²) in [6, 6.07) is 11.0. The Bertz CT molecular complexity index is 787. The van der Waals surface area contributed by atoms with Gasteiger partial charge in [0.2, 0.25) is 5.91 Å². The van der Waals surface area contributed by atoms with E-state index in [1.807, 2.05) is 12.3 Å². The third kappa shape index (κ3) is 4.64. The van der Waals surface area contributed by atoms with Crippen LogP contribution in [0.15, 0.2) is 36.5 Å². The molecule has 5 heteroatoms. The average Bonchev–Trinajstić information content (AvgIpc) is 2.73. The van der Waals surface area contributed by atoms with Gasteiger partial charge in [0, 0.05) is 50.7 Å². The normalized spacial score (nSPS) is 23.7. The summed E-state index contributed by atoms with van der Waals surface area (Å²) in [4.78, 5) is 20.9. The van der Waals surface area contributed by atoms with Gasteiger partial charge in [0.15, 0.2) is 0 Å². The molecule has 1 N–H and O–H groups in total. The number of fused-ring (bicyclic) bond motifs is 1. The summed E-state index contributed by atoms with van der Waals surface area (Å²) < 4.78 is 0. The van der Waals surface area contributed by atoms with Crippen LogP contribution in [0.25, 0.3) is 10.9 Å². The zero-order chi connectivity index (χ0) is 19.3. The Morgan fingerprint density at radius 2 is 1.82 bits per heavy atom. The predicted octanol–water partition coefficient (Wildman–Crippen LogP) is 3.44. The zero-order valence-electron chi connectivity index (χ0n) is 16.9. The molecule has 2 fully saturated rings. The lowest BCUT2D eigenvalue weighted by molar-refractivity contribution is -0.119. The molecule has 2 aliphatic rings. The molecule has 0 atom stereocenters. The molecule has 0 spiro atoms. The summed E-state index contributed by atoms with van der Waals surface area (Å²) in [5.41, 5.74) is 2.39. The Kier molecular flexibility index (Phi) is 6.10. The fraction of sp³-hybridized carbons (Fsp3) is 0.565. The summed E-state index contributed by atoms with van der Waals surface area (Å²) in [6.45, 7) is 7.24. The second-order valence-corrected chi connectivity index (χ2v) is 8.39. The molecule has 1 aliphatic heterocycles. The summed E-state index contributed by atoms with van der Waals surface area (Å²) in [6.07, 6.45) is 7.99. The Morgan fingerprint density at radius 3 is 2.57 bits per heavy atom. The first-order valence-electron chi connectivity index (χ1n) is 10.8. The highest BCUT2D eigenvalue weighted by molar-refractivity contribution is 5.90. The highest BCUT2D eigenvalue weighted by atomic mass is 16.1. The highest BCUT2D eigenvalue weighted by Crippen LogP contribution is 2.28. The van der Waals surface area contributed by atoms with E-state index in [1.165, 1.54) is 36.9 Å². The van der Waals surface area contributed by atoms with Gasteiger partial charge in [-0.1, -0.05) is 18.2 Å². The minimum absolute atomic E-state index is 0.114. The maximum atomic E-state index is 11.2. The van der Waals surface area contributed by atoms with Gasteiger partial charge in [0.05, 0.1) is 11.2 Å². The lowest BCUT2D eigenvalue weighted by Crippen LogP contribution is -2.47. The van der Waals surface area contributed by atoms with Crippen LogP contribution < -0.4 is 10.2 Å². The van der Waals surface area contributed by atoms with E-state index in [9.17, 15) is 4.79 Å². The van der Waals surface area contributed by atoms with E-state index in [0.717, 1.165) is 50.5 Å². The number of piperazine rings is 1. The summed E-state index contributed by atoms with van der Waals surface area (Å²) >= 11 is 0. The second-order valence-electron chi connectivity index (χ2n) is 8.39. The summed E-state index contributed by atoms with van der Waals surface area (Å²) in [5.74, 6) is 0.938. The summed E-state index contributed by atoms with van der Waals surface area (Å²) in [5, 5.41) is 4.30. The van der Waals surface area contributed by atoms with Crippen LogP contribution in [0.4, 0.5) is 5.69 Å². The van der Waals surface area contributed by atoms with Crippen LogP contribution >= 0.6 is 0 Å². The molecule has 1 saturated heterocycles. The number of rotatable bonds is 5. The smallest absolute Gasteiger partial charge is 0.217 e. The second kappa shape index (κ2) is 8.91. The lowest BCUT2D eigenvalue weighted by atomic mass is 9.84. The highest BCUT2D eigenvalue weighted by Gasteiger charge is 2.23. The maximum Gasteiger partial charge on any atom is 0.217 e. The summed E-state index contributed by atoms with van der Waals surface area (Å²) in [7, 11) is 0. The number of pyridine rings is 1. The van der Waals surface area contributed by atoms with Crippen LogP contribution in [0, 0.1) is 5.92 Å². The van der Waals surface area contributed by atoms with Gasteiger partial charge in [0.1, 0.15) is 0 Å². The van der Waals surface area contributed by atoms with Gasteiger partial charge in [-0.25, -0.2) is 0 Å². The van der Waals surface area contributed by atoms with E-state index in [4.69, 9.17) is 0 Å². The van der Waals surface area contributed by atoms with Crippen molar-refractivity contribution in [1.29, 1.82) is 0 Å². The number of hydrogen-bond acceptors (Lipinski definition) is 4. The maximum absolute atomic E-state index is 11.2. The van der Waals surface area contributed by atoms with Crippen LogP contribution in [0.1, 0.15) is 39.0 Å². The van der Waals surface area contributed by atoms with Crippen LogP contribution in [-0.2, 0) is 4.79 Å². The van der Waals surface area contributed by atoms with Crippen molar-refractivity contribution < 1.29 is 4.79 Å². The molecule has 5 nitrogen and oxygen atoms in total. The number of nitrogens with zero attached hydrogens (tertiary/aromatic N) is 3. The fourth-order valence-electron chi connectivity index (χ4n) is 4.80. The van der Waals surface area contributed by atoms with Gasteiger partial charge < -0.3 is 10.2 Å². The number of aromatic nitrogens is 1. The Labute approximate surface area is 168 Å². The molecular weight excluding hydrogens is 348 g/mol. The van der Waals surface area contributed by atoms with Crippen molar-refractivity contribution in [2.45, 2.75) is 45.1 Å². The first kappa shape index (κ1) is 19.2. The van der Waals surface area contributed by atoms with Crippen LogP contribution in [0.2, 0.25) is 0 Å². The number of nitrogens with one attached hydrogen (secondary N) is 1. The molecule has 0 bridgehead atoms. The van der Waals surface area contributed by atoms with E-state index < -0.39 is 0 Å². The average molecular weight is 381 g/mol. The number of anilines is 1. The van der Waals surface area contributed by atoms with E-state index in [1.54, 1.807) is 6.92 Å². The standard InChI is InChI=1S/C23H32N4O/c1-18(28)25-21-9-7-19(8-10-21)11-13-26-14-16-27(17-15-26)22-6-2-4-20-5-3-12-24-23(20)22/h2-6,12,19,21H,7-11,13-17H2,1H3,(H,25,28). The Hall–Kier alpha value is -2.14. The molecule has 2 heterocycles. The number of amides is 1. The first-order chi connectivity index (χ1) is 13.7. The number of carbonyl (C=O) groups excluding carboxylic acids is 1. The van der Waals surface area contributed by atoms with Crippen LogP contribution in [-0.4, -0.2) is 54.6 Å². The van der Waals surface area contributed by atoms with Crippen molar-refractivity contribution in [2.24, 2.45) is 5.92 Å². The molecule has 1 aromatic heterocycles. The largest absolute Gasteiger partial charge is 0.367 e. The Morgan fingerprint density at radius 1 is 1.07 bits per heavy atom. The Balaban J connectivity index is 1.23. The molecule has 1 amide bonds. The minimum Gasteiger partial charge on any atom is -0.367 e. The molecule has 28 heavy (non-hydrogen) atoms. The van der Waals surface area contributed by atoms with Crippen LogP contribution in [0.5, 0.6) is 0 Å². The number of carbonyl (C=O) groups is 1. The van der Waals surface area contributed by atoms with Crippen molar-refractivity contribution in [3.8, 4) is 0 Å². The SMILES string of the molecule is CC(=O)NC1CCC(CCN2CCN(c3cccc4cccnc34)CC2)CC1. The van der Waals surface area contributed by atoms with Crippen molar-refractivity contribution in [3.05, 3.63) is 36.5 Å². The van der Waals surface area contributed by atoms with E-state index in [-0.39, 0.29) is 5.91 Å². The molecule has 0 unspecified atom stereocenters. The number of para-hydroxylation sites is 1. The van der Waals surface area contributed by atoms with Crippen LogP contribution in [0.3, 0.4) is 0 Å². The molecule has 2 aromatic rings.